The number of hydrogen-bond donors (Lipinski definition) is 1. The number of benzene rings is 2. The quantitative estimate of drug-likeness (QED) is 0.715. The molecule has 0 spiro atoms. The maximum absolute atomic E-state index is 13.2. The van der Waals surface area contributed by atoms with Crippen molar-refractivity contribution in [1.29, 1.82) is 0 Å². The molecule has 5 heteroatoms. The summed E-state index contributed by atoms with van der Waals surface area (Å²) in [5.41, 5.74) is 1.50. The van der Waals surface area contributed by atoms with Gasteiger partial charge in [0.25, 0.3) is 0 Å². The minimum atomic E-state index is -0.315. The van der Waals surface area contributed by atoms with Crippen LogP contribution in [-0.2, 0) is 4.79 Å². The number of anilines is 1. The van der Waals surface area contributed by atoms with Crippen LogP contribution in [0.5, 0.6) is 5.75 Å². The van der Waals surface area contributed by atoms with E-state index in [4.69, 9.17) is 9.15 Å². The van der Waals surface area contributed by atoms with Crippen LogP contribution in [0.3, 0.4) is 0 Å². The van der Waals surface area contributed by atoms with Gasteiger partial charge in [0.05, 0.1) is 19.3 Å². The van der Waals surface area contributed by atoms with Crippen molar-refractivity contribution in [1.82, 2.24) is 0 Å². The normalized spacial score (nSPS) is 11.8. The van der Waals surface area contributed by atoms with Crippen LogP contribution in [-0.4, -0.2) is 13.0 Å². The number of carbonyl (C=O) groups is 1. The zero-order valence-electron chi connectivity index (χ0n) is 13.7. The van der Waals surface area contributed by atoms with Crippen LogP contribution in [0.2, 0.25) is 0 Å². The minimum Gasteiger partial charge on any atom is -0.497 e. The molecule has 1 amide bonds. The summed E-state index contributed by atoms with van der Waals surface area (Å²) in [4.78, 5) is 12.5. The van der Waals surface area contributed by atoms with Crippen LogP contribution in [0.1, 0.15) is 23.7 Å². The second-order valence-electron chi connectivity index (χ2n) is 5.60. The lowest BCUT2D eigenvalue weighted by molar-refractivity contribution is -0.116. The highest BCUT2D eigenvalue weighted by atomic mass is 19.1. The van der Waals surface area contributed by atoms with Gasteiger partial charge in [-0.05, 0) is 54.1 Å². The van der Waals surface area contributed by atoms with Gasteiger partial charge in [0.2, 0.25) is 5.91 Å². The number of rotatable bonds is 6. The fourth-order valence-electron chi connectivity index (χ4n) is 2.64. The Hall–Kier alpha value is -3.08. The third-order valence-electron chi connectivity index (χ3n) is 3.92. The van der Waals surface area contributed by atoms with Crippen molar-refractivity contribution in [3.05, 3.63) is 84.1 Å². The largest absolute Gasteiger partial charge is 0.497 e. The molecule has 0 aliphatic heterocycles. The molecule has 0 unspecified atom stereocenters. The molecule has 1 aromatic heterocycles. The minimum absolute atomic E-state index is 0.157. The molecule has 128 valence electrons. The van der Waals surface area contributed by atoms with E-state index in [2.05, 4.69) is 5.32 Å². The van der Waals surface area contributed by atoms with E-state index in [0.29, 0.717) is 11.4 Å². The van der Waals surface area contributed by atoms with Gasteiger partial charge in [0.1, 0.15) is 17.3 Å². The summed E-state index contributed by atoms with van der Waals surface area (Å²) in [5, 5.41) is 2.86. The number of amides is 1. The van der Waals surface area contributed by atoms with Crippen LogP contribution in [0.4, 0.5) is 10.1 Å². The number of nitrogens with one attached hydrogen (secondary N) is 1. The van der Waals surface area contributed by atoms with Crippen molar-refractivity contribution in [2.75, 3.05) is 12.4 Å². The van der Waals surface area contributed by atoms with E-state index in [-0.39, 0.29) is 24.1 Å². The first-order chi connectivity index (χ1) is 12.2. The summed E-state index contributed by atoms with van der Waals surface area (Å²) < 4.78 is 23.8. The fraction of sp³-hybridized carbons (Fsp3) is 0.150. The molecule has 2 aromatic carbocycles. The average molecular weight is 339 g/mol. The number of hydrogen-bond acceptors (Lipinski definition) is 3. The number of carbonyl (C=O) groups excluding carboxylic acids is 1. The Morgan fingerprint density at radius 1 is 1.12 bits per heavy atom. The van der Waals surface area contributed by atoms with Crippen molar-refractivity contribution in [3.63, 3.8) is 0 Å². The van der Waals surface area contributed by atoms with Crippen LogP contribution >= 0.6 is 0 Å². The van der Waals surface area contributed by atoms with Gasteiger partial charge in [0, 0.05) is 12.1 Å². The first-order valence-corrected chi connectivity index (χ1v) is 7.88. The van der Waals surface area contributed by atoms with E-state index in [1.807, 2.05) is 6.07 Å². The predicted molar refractivity (Wildman–Crippen MR) is 93.2 cm³/mol. The second-order valence-corrected chi connectivity index (χ2v) is 5.60. The van der Waals surface area contributed by atoms with Crippen molar-refractivity contribution < 1.29 is 18.3 Å². The highest BCUT2D eigenvalue weighted by Crippen LogP contribution is 2.29. The van der Waals surface area contributed by atoms with Crippen molar-refractivity contribution >= 4 is 11.6 Å². The molecule has 1 N–H and O–H groups in total. The SMILES string of the molecule is COc1ccc(NC(=O)C[C@H](c2ccc(F)cc2)c2ccco2)cc1. The van der Waals surface area contributed by atoms with E-state index >= 15 is 0 Å². The zero-order valence-corrected chi connectivity index (χ0v) is 13.7. The molecule has 0 fully saturated rings. The third-order valence-corrected chi connectivity index (χ3v) is 3.92. The Morgan fingerprint density at radius 3 is 2.44 bits per heavy atom. The highest BCUT2D eigenvalue weighted by Gasteiger charge is 2.21. The van der Waals surface area contributed by atoms with E-state index in [1.54, 1.807) is 55.8 Å². The molecule has 0 radical (unpaired) electrons. The van der Waals surface area contributed by atoms with Crippen LogP contribution in [0, 0.1) is 5.82 Å². The standard InChI is InChI=1S/C20H18FNO3/c1-24-17-10-8-16(9-11-17)22-20(23)13-18(19-3-2-12-25-19)14-4-6-15(21)7-5-14/h2-12,18H,13H2,1H3,(H,22,23)/t18-/m1/s1. The fourth-order valence-corrected chi connectivity index (χ4v) is 2.64. The lowest BCUT2D eigenvalue weighted by Gasteiger charge is -2.15. The monoisotopic (exact) mass is 339 g/mol. The summed E-state index contributed by atoms with van der Waals surface area (Å²) in [6, 6.07) is 16.8. The molecule has 1 heterocycles. The maximum atomic E-state index is 13.2. The summed E-state index contributed by atoms with van der Waals surface area (Å²) in [7, 11) is 1.59. The molecule has 0 aliphatic carbocycles. The Bertz CT molecular complexity index is 811. The molecule has 0 saturated carbocycles. The summed E-state index contributed by atoms with van der Waals surface area (Å²) in [6.07, 6.45) is 1.75. The van der Waals surface area contributed by atoms with Crippen molar-refractivity contribution in [2.45, 2.75) is 12.3 Å². The second kappa shape index (κ2) is 7.66. The Morgan fingerprint density at radius 2 is 1.84 bits per heavy atom. The lowest BCUT2D eigenvalue weighted by Crippen LogP contribution is -2.16. The number of methoxy groups -OCH3 is 1. The molecular weight excluding hydrogens is 321 g/mol. The van der Waals surface area contributed by atoms with Gasteiger partial charge in [-0.25, -0.2) is 4.39 Å². The topological polar surface area (TPSA) is 51.5 Å². The molecule has 3 aromatic rings. The summed E-state index contributed by atoms with van der Waals surface area (Å²) >= 11 is 0. The van der Waals surface area contributed by atoms with Crippen LogP contribution in [0.15, 0.2) is 71.3 Å². The van der Waals surface area contributed by atoms with Gasteiger partial charge in [-0.2, -0.15) is 0 Å². The summed E-state index contributed by atoms with van der Waals surface area (Å²) in [5.74, 6) is 0.628. The maximum Gasteiger partial charge on any atom is 0.225 e. The third kappa shape index (κ3) is 4.26. The van der Waals surface area contributed by atoms with Gasteiger partial charge in [-0.1, -0.05) is 12.1 Å². The van der Waals surface area contributed by atoms with Gasteiger partial charge in [0.15, 0.2) is 0 Å². The van der Waals surface area contributed by atoms with E-state index < -0.39 is 0 Å². The lowest BCUT2D eigenvalue weighted by atomic mass is 9.93. The van der Waals surface area contributed by atoms with Crippen LogP contribution < -0.4 is 10.1 Å². The van der Waals surface area contributed by atoms with E-state index in [0.717, 1.165) is 11.3 Å². The van der Waals surface area contributed by atoms with E-state index in [1.165, 1.54) is 12.1 Å². The van der Waals surface area contributed by atoms with Crippen LogP contribution in [0.25, 0.3) is 0 Å². The molecule has 0 saturated heterocycles. The number of furan rings is 1. The molecule has 4 nitrogen and oxygen atoms in total. The zero-order chi connectivity index (χ0) is 17.6. The molecule has 0 bridgehead atoms. The highest BCUT2D eigenvalue weighted by molar-refractivity contribution is 5.91. The van der Waals surface area contributed by atoms with Gasteiger partial charge < -0.3 is 14.5 Å². The molecule has 0 aliphatic rings. The molecule has 25 heavy (non-hydrogen) atoms. The van der Waals surface area contributed by atoms with Gasteiger partial charge in [-0.3, -0.25) is 4.79 Å². The first kappa shape index (κ1) is 16.8. The van der Waals surface area contributed by atoms with E-state index in [9.17, 15) is 9.18 Å². The molecule has 1 atom stereocenters. The van der Waals surface area contributed by atoms with Gasteiger partial charge in [-0.15, -0.1) is 0 Å². The van der Waals surface area contributed by atoms with Crippen molar-refractivity contribution in [2.24, 2.45) is 0 Å². The van der Waals surface area contributed by atoms with Crippen molar-refractivity contribution in [3.8, 4) is 5.75 Å². The predicted octanol–water partition coefficient (Wildman–Crippen LogP) is 4.59. The first-order valence-electron chi connectivity index (χ1n) is 7.88. The molecule has 3 rings (SSSR count). The average Bonchev–Trinajstić information content (AvgIpc) is 3.15. The Balaban J connectivity index is 1.75. The Kier molecular flexibility index (Phi) is 5.14. The smallest absolute Gasteiger partial charge is 0.225 e. The van der Waals surface area contributed by atoms with Gasteiger partial charge >= 0.3 is 0 Å². The number of halogens is 1. The Labute approximate surface area is 145 Å². The summed E-state index contributed by atoms with van der Waals surface area (Å²) in [6.45, 7) is 0. The molecular formula is C20H18FNO3. The number of ether oxygens (including phenoxy) is 1.